The predicted octanol–water partition coefficient (Wildman–Crippen LogP) is 2.09. The first kappa shape index (κ1) is 15.7. The van der Waals surface area contributed by atoms with E-state index in [1.807, 2.05) is 0 Å². The number of carbonyl (C=O) groups excluding carboxylic acids is 1. The molecule has 0 radical (unpaired) electrons. The van der Waals surface area contributed by atoms with Crippen molar-refractivity contribution in [2.45, 2.75) is 5.16 Å². The largest absolute Gasteiger partial charge is 0.492 e. The van der Waals surface area contributed by atoms with Crippen LogP contribution in [0.15, 0.2) is 35.7 Å². The number of nitrogens with one attached hydrogen (secondary N) is 1. The van der Waals surface area contributed by atoms with Crippen LogP contribution in [0.25, 0.3) is 0 Å². The van der Waals surface area contributed by atoms with E-state index < -0.39 is 0 Å². The van der Waals surface area contributed by atoms with Crippen molar-refractivity contribution in [2.24, 2.45) is 0 Å². The highest BCUT2D eigenvalue weighted by atomic mass is 35.5. The minimum Gasteiger partial charge on any atom is -0.492 e. The molecule has 0 spiro atoms. The maximum absolute atomic E-state index is 11.9. The van der Waals surface area contributed by atoms with Crippen molar-refractivity contribution in [1.82, 2.24) is 20.1 Å². The van der Waals surface area contributed by atoms with Crippen LogP contribution in [0.5, 0.6) is 5.75 Å². The van der Waals surface area contributed by atoms with Crippen molar-refractivity contribution >= 4 is 29.3 Å². The number of aromatic amines is 1. The molecule has 0 aliphatic rings. The molecular formula is C13H15ClN4O2S. The Morgan fingerprint density at radius 3 is 2.86 bits per heavy atom. The highest BCUT2D eigenvalue weighted by molar-refractivity contribution is 7.99. The molecule has 0 saturated carbocycles. The summed E-state index contributed by atoms with van der Waals surface area (Å²) in [4.78, 5) is 17.5. The van der Waals surface area contributed by atoms with Crippen LogP contribution in [0.3, 0.4) is 0 Å². The number of hydrogen-bond donors (Lipinski definition) is 1. The summed E-state index contributed by atoms with van der Waals surface area (Å²) in [5, 5.41) is 7.72. The highest BCUT2D eigenvalue weighted by Gasteiger charge is 2.10. The molecule has 2 aromatic rings. The van der Waals surface area contributed by atoms with Gasteiger partial charge in [0, 0.05) is 12.1 Å². The molecule has 0 fully saturated rings. The van der Waals surface area contributed by atoms with Crippen LogP contribution in [0.4, 0.5) is 0 Å². The molecule has 1 aromatic carbocycles. The van der Waals surface area contributed by atoms with Gasteiger partial charge in [-0.3, -0.25) is 9.89 Å². The summed E-state index contributed by atoms with van der Waals surface area (Å²) in [5.41, 5.74) is 0. The zero-order chi connectivity index (χ0) is 15.1. The van der Waals surface area contributed by atoms with Crippen molar-refractivity contribution in [3.63, 3.8) is 0 Å². The lowest BCUT2D eigenvalue weighted by Crippen LogP contribution is -2.32. The molecule has 0 bridgehead atoms. The van der Waals surface area contributed by atoms with Gasteiger partial charge >= 0.3 is 0 Å². The van der Waals surface area contributed by atoms with E-state index in [1.165, 1.54) is 18.1 Å². The SMILES string of the molecule is CN(CCOc1ccc(Cl)cc1)C(=O)CSc1ncn[nH]1. The van der Waals surface area contributed by atoms with E-state index in [-0.39, 0.29) is 5.91 Å². The van der Waals surface area contributed by atoms with Gasteiger partial charge in [-0.2, -0.15) is 5.10 Å². The van der Waals surface area contributed by atoms with Gasteiger partial charge in [0.25, 0.3) is 0 Å². The van der Waals surface area contributed by atoms with Gasteiger partial charge in [-0.05, 0) is 24.3 Å². The van der Waals surface area contributed by atoms with Gasteiger partial charge in [0.15, 0.2) is 5.16 Å². The minimum atomic E-state index is 0.0103. The predicted molar refractivity (Wildman–Crippen MR) is 81.7 cm³/mol. The number of benzene rings is 1. The number of H-pyrrole nitrogens is 1. The lowest BCUT2D eigenvalue weighted by atomic mass is 10.3. The summed E-state index contributed by atoms with van der Waals surface area (Å²) in [6.45, 7) is 0.940. The molecule has 112 valence electrons. The second-order valence-corrected chi connectivity index (χ2v) is 5.60. The van der Waals surface area contributed by atoms with E-state index in [2.05, 4.69) is 15.2 Å². The third kappa shape index (κ3) is 5.28. The van der Waals surface area contributed by atoms with E-state index in [0.717, 1.165) is 5.75 Å². The first-order valence-corrected chi connectivity index (χ1v) is 7.62. The maximum Gasteiger partial charge on any atom is 0.232 e. The topological polar surface area (TPSA) is 71.1 Å². The fourth-order valence-corrected chi connectivity index (χ4v) is 2.31. The lowest BCUT2D eigenvalue weighted by Gasteiger charge is -2.17. The summed E-state index contributed by atoms with van der Waals surface area (Å²) in [6.07, 6.45) is 1.41. The molecule has 0 unspecified atom stereocenters. The zero-order valence-electron chi connectivity index (χ0n) is 11.5. The molecule has 8 heteroatoms. The van der Waals surface area contributed by atoms with Gasteiger partial charge in [0.1, 0.15) is 18.7 Å². The van der Waals surface area contributed by atoms with Gasteiger partial charge in [-0.25, -0.2) is 4.98 Å². The van der Waals surface area contributed by atoms with Crippen LogP contribution in [-0.2, 0) is 4.79 Å². The summed E-state index contributed by atoms with van der Waals surface area (Å²) in [5.74, 6) is 1.06. The molecule has 1 amide bonds. The molecule has 2 rings (SSSR count). The first-order valence-electron chi connectivity index (χ1n) is 6.25. The average Bonchev–Trinajstić information content (AvgIpc) is 3.00. The van der Waals surface area contributed by atoms with E-state index in [9.17, 15) is 4.79 Å². The van der Waals surface area contributed by atoms with Gasteiger partial charge in [0.05, 0.1) is 12.3 Å². The first-order chi connectivity index (χ1) is 10.1. The molecule has 21 heavy (non-hydrogen) atoms. The average molecular weight is 327 g/mol. The van der Waals surface area contributed by atoms with Crippen molar-refractivity contribution in [3.8, 4) is 5.75 Å². The number of rotatable bonds is 7. The summed E-state index contributed by atoms with van der Waals surface area (Å²) < 4.78 is 5.54. The van der Waals surface area contributed by atoms with Crippen LogP contribution >= 0.6 is 23.4 Å². The number of thioether (sulfide) groups is 1. The standard InChI is InChI=1S/C13H15ClN4O2S/c1-18(12(19)8-21-13-15-9-16-17-13)6-7-20-11-4-2-10(14)3-5-11/h2-5,9H,6-8H2,1H3,(H,15,16,17). The quantitative estimate of drug-likeness (QED) is 0.789. The Hall–Kier alpha value is -1.73. The third-order valence-corrected chi connectivity index (χ3v) is 3.77. The smallest absolute Gasteiger partial charge is 0.232 e. The Balaban J connectivity index is 1.67. The Bertz CT molecular complexity index is 562. The second kappa shape index (κ2) is 7.90. The number of halogens is 1. The molecule has 0 atom stereocenters. The van der Waals surface area contributed by atoms with E-state index in [1.54, 1.807) is 36.2 Å². The van der Waals surface area contributed by atoms with Crippen molar-refractivity contribution in [3.05, 3.63) is 35.6 Å². The van der Waals surface area contributed by atoms with Gasteiger partial charge < -0.3 is 9.64 Å². The fourth-order valence-electron chi connectivity index (χ4n) is 1.46. The summed E-state index contributed by atoms with van der Waals surface area (Å²) in [6, 6.07) is 7.12. The Kier molecular flexibility index (Phi) is 5.89. The summed E-state index contributed by atoms with van der Waals surface area (Å²) in [7, 11) is 1.74. The molecule has 0 saturated heterocycles. The molecular weight excluding hydrogens is 312 g/mol. The number of likely N-dealkylation sites (N-methyl/N-ethyl adjacent to an activating group) is 1. The highest BCUT2D eigenvalue weighted by Crippen LogP contribution is 2.15. The number of amides is 1. The fraction of sp³-hybridized carbons (Fsp3) is 0.308. The number of hydrogen-bond acceptors (Lipinski definition) is 5. The maximum atomic E-state index is 11.9. The van der Waals surface area contributed by atoms with Gasteiger partial charge in [-0.15, -0.1) is 0 Å². The van der Waals surface area contributed by atoms with Gasteiger partial charge in [0.2, 0.25) is 5.91 Å². The number of ether oxygens (including phenoxy) is 1. The van der Waals surface area contributed by atoms with Crippen molar-refractivity contribution < 1.29 is 9.53 Å². The van der Waals surface area contributed by atoms with Crippen LogP contribution in [0, 0.1) is 0 Å². The normalized spacial score (nSPS) is 10.4. The minimum absolute atomic E-state index is 0.0103. The van der Waals surface area contributed by atoms with E-state index >= 15 is 0 Å². The van der Waals surface area contributed by atoms with Crippen LogP contribution < -0.4 is 4.74 Å². The molecule has 1 N–H and O–H groups in total. The monoisotopic (exact) mass is 326 g/mol. The van der Waals surface area contributed by atoms with Crippen molar-refractivity contribution in [2.75, 3.05) is 26.0 Å². The third-order valence-electron chi connectivity index (χ3n) is 2.66. The van der Waals surface area contributed by atoms with E-state index in [0.29, 0.717) is 29.1 Å². The van der Waals surface area contributed by atoms with E-state index in [4.69, 9.17) is 16.3 Å². The van der Waals surface area contributed by atoms with Crippen LogP contribution in [0.1, 0.15) is 0 Å². The Labute approximate surface area is 131 Å². The van der Waals surface area contributed by atoms with Crippen LogP contribution in [-0.4, -0.2) is 51.9 Å². The Morgan fingerprint density at radius 1 is 1.43 bits per heavy atom. The molecule has 6 nitrogen and oxygen atoms in total. The number of nitrogens with zero attached hydrogens (tertiary/aromatic N) is 3. The second-order valence-electron chi connectivity index (χ2n) is 4.20. The molecule has 0 aliphatic carbocycles. The molecule has 1 heterocycles. The summed E-state index contributed by atoms with van der Waals surface area (Å²) >= 11 is 7.11. The Morgan fingerprint density at radius 2 is 2.19 bits per heavy atom. The molecule has 1 aromatic heterocycles. The lowest BCUT2D eigenvalue weighted by molar-refractivity contribution is -0.127. The zero-order valence-corrected chi connectivity index (χ0v) is 13.0. The van der Waals surface area contributed by atoms with Crippen molar-refractivity contribution in [1.29, 1.82) is 0 Å². The number of carbonyl (C=O) groups is 1. The van der Waals surface area contributed by atoms with Crippen LogP contribution in [0.2, 0.25) is 5.02 Å². The van der Waals surface area contributed by atoms with Gasteiger partial charge in [-0.1, -0.05) is 23.4 Å². The number of aromatic nitrogens is 3. The molecule has 0 aliphatic heterocycles.